The highest BCUT2D eigenvalue weighted by Crippen LogP contribution is 2.31. The summed E-state index contributed by atoms with van der Waals surface area (Å²) in [7, 11) is 0. The van der Waals surface area contributed by atoms with Gasteiger partial charge >= 0.3 is 0 Å². The zero-order valence-corrected chi connectivity index (χ0v) is 20.9. The molecule has 2 N–H and O–H groups in total. The summed E-state index contributed by atoms with van der Waals surface area (Å²) in [5.74, 6) is 1.90. The lowest BCUT2D eigenvalue weighted by Crippen LogP contribution is -2.28. The van der Waals surface area contributed by atoms with Crippen molar-refractivity contribution in [2.75, 3.05) is 18.5 Å². The van der Waals surface area contributed by atoms with Gasteiger partial charge in [0, 0.05) is 17.5 Å². The fourth-order valence-corrected chi connectivity index (χ4v) is 4.29. The molecule has 0 bridgehead atoms. The quantitative estimate of drug-likeness (QED) is 0.324. The summed E-state index contributed by atoms with van der Waals surface area (Å²) in [5.41, 5.74) is 4.32. The van der Waals surface area contributed by atoms with E-state index >= 15 is 0 Å². The average molecular weight is 503 g/mol. The number of aliphatic imine (C=N–C) groups is 1. The molecule has 0 saturated heterocycles. The van der Waals surface area contributed by atoms with E-state index in [1.165, 1.54) is 11.9 Å². The first-order valence-electron chi connectivity index (χ1n) is 11.7. The molecule has 0 aliphatic carbocycles. The zero-order chi connectivity index (χ0) is 25.1. The van der Waals surface area contributed by atoms with Crippen LogP contribution in [0.25, 0.3) is 10.9 Å². The Morgan fingerprint density at radius 2 is 1.97 bits per heavy atom. The van der Waals surface area contributed by atoms with Crippen molar-refractivity contribution in [3.05, 3.63) is 88.7 Å². The maximum atomic E-state index is 9.53. The molecule has 1 aromatic heterocycles. The predicted octanol–water partition coefficient (Wildman–Crippen LogP) is 5.64. The maximum Gasteiger partial charge on any atom is 0.188 e. The van der Waals surface area contributed by atoms with Gasteiger partial charge in [-0.3, -0.25) is 0 Å². The van der Waals surface area contributed by atoms with Gasteiger partial charge in [0.25, 0.3) is 0 Å². The lowest BCUT2D eigenvalue weighted by molar-refractivity contribution is 0.169. The second-order valence-electron chi connectivity index (χ2n) is 9.25. The first-order chi connectivity index (χ1) is 17.4. The van der Waals surface area contributed by atoms with Gasteiger partial charge in [0.1, 0.15) is 36.6 Å². The van der Waals surface area contributed by atoms with E-state index in [1.807, 2.05) is 55.5 Å². The number of nitrogens with zero attached hydrogens (tertiary/aromatic N) is 3. The molecule has 1 unspecified atom stereocenters. The molecule has 4 aromatic rings. The predicted molar refractivity (Wildman–Crippen MR) is 142 cm³/mol. The lowest BCUT2D eigenvalue weighted by Gasteiger charge is -2.12. The van der Waals surface area contributed by atoms with E-state index in [0.29, 0.717) is 42.1 Å². The van der Waals surface area contributed by atoms with Gasteiger partial charge in [-0.05, 0) is 55.3 Å². The van der Waals surface area contributed by atoms with Crippen molar-refractivity contribution >= 4 is 39.9 Å². The number of aliphatic hydroxyl groups excluding tert-OH is 1. The van der Waals surface area contributed by atoms with Gasteiger partial charge in [-0.25, -0.2) is 15.0 Å². The van der Waals surface area contributed by atoms with Crippen LogP contribution in [0.4, 0.5) is 11.5 Å². The molecule has 0 radical (unpaired) electrons. The number of benzene rings is 3. The molecule has 0 spiro atoms. The van der Waals surface area contributed by atoms with Crippen molar-refractivity contribution in [3.8, 4) is 5.75 Å². The minimum atomic E-state index is -0.572. The van der Waals surface area contributed by atoms with Crippen LogP contribution in [0.2, 0.25) is 5.02 Å². The Morgan fingerprint density at radius 1 is 1.08 bits per heavy atom. The summed E-state index contributed by atoms with van der Waals surface area (Å²) >= 11 is 6.52. The topological polar surface area (TPSA) is 88.9 Å². The van der Waals surface area contributed by atoms with Gasteiger partial charge in [0.05, 0.1) is 17.1 Å². The van der Waals surface area contributed by atoms with Gasteiger partial charge in [0.15, 0.2) is 5.90 Å². The molecule has 1 aliphatic rings. The van der Waals surface area contributed by atoms with E-state index in [9.17, 15) is 5.11 Å². The van der Waals surface area contributed by atoms with Gasteiger partial charge in [-0.1, -0.05) is 47.5 Å². The van der Waals surface area contributed by atoms with Gasteiger partial charge < -0.3 is 19.9 Å². The van der Waals surface area contributed by atoms with E-state index in [2.05, 4.69) is 39.3 Å². The number of hydrogen-bond donors (Lipinski definition) is 2. The zero-order valence-electron chi connectivity index (χ0n) is 20.2. The fourth-order valence-electron chi connectivity index (χ4n) is 4.06. The Hall–Kier alpha value is -3.68. The van der Waals surface area contributed by atoms with Gasteiger partial charge in [0.2, 0.25) is 0 Å². The summed E-state index contributed by atoms with van der Waals surface area (Å²) in [6.45, 7) is 4.71. The number of halogens is 1. The second kappa shape index (κ2) is 10.1. The Balaban J connectivity index is 1.33. The Bertz CT molecular complexity index is 1440. The largest absolute Gasteiger partial charge is 0.487 e. The third-order valence-electron chi connectivity index (χ3n) is 6.01. The molecule has 0 saturated carbocycles. The highest BCUT2D eigenvalue weighted by Gasteiger charge is 2.30. The number of aromatic nitrogens is 2. The van der Waals surface area contributed by atoms with Crippen molar-refractivity contribution in [3.63, 3.8) is 0 Å². The van der Waals surface area contributed by atoms with E-state index in [0.717, 1.165) is 27.7 Å². The molecule has 0 amide bonds. The first-order valence-corrected chi connectivity index (χ1v) is 12.1. The smallest absolute Gasteiger partial charge is 0.188 e. The van der Waals surface area contributed by atoms with Crippen LogP contribution in [0.3, 0.4) is 0 Å². The van der Waals surface area contributed by atoms with Gasteiger partial charge in [-0.15, -0.1) is 0 Å². The number of anilines is 2. The Morgan fingerprint density at radius 3 is 2.75 bits per heavy atom. The molecule has 8 heteroatoms. The first kappa shape index (κ1) is 24.0. The van der Waals surface area contributed by atoms with Crippen molar-refractivity contribution in [2.45, 2.75) is 32.4 Å². The normalized spacial score (nSPS) is 17.1. The molecule has 5 rings (SSSR count). The molecule has 184 valence electrons. The molecule has 2 heterocycles. The third-order valence-corrected chi connectivity index (χ3v) is 6.31. The summed E-state index contributed by atoms with van der Waals surface area (Å²) in [6.07, 6.45) is 2.06. The summed E-state index contributed by atoms with van der Waals surface area (Å²) in [6, 6.07) is 19.7. The Labute approximate surface area is 214 Å². The number of rotatable bonds is 8. The molecule has 1 aliphatic heterocycles. The van der Waals surface area contributed by atoms with Gasteiger partial charge in [-0.2, -0.15) is 0 Å². The van der Waals surface area contributed by atoms with E-state index in [1.54, 1.807) is 0 Å². The van der Waals surface area contributed by atoms with Crippen molar-refractivity contribution in [1.29, 1.82) is 0 Å². The number of aryl methyl sites for hydroxylation is 1. The number of fused-ring (bicyclic) bond motifs is 1. The fraction of sp³-hybridized carbons (Fsp3) is 0.250. The van der Waals surface area contributed by atoms with Crippen LogP contribution in [0, 0.1) is 6.92 Å². The minimum Gasteiger partial charge on any atom is -0.487 e. The number of ether oxygens (including phenoxy) is 2. The van der Waals surface area contributed by atoms with E-state index in [4.69, 9.17) is 21.1 Å². The molecular formula is C28H27ClN4O3. The second-order valence-corrected chi connectivity index (χ2v) is 9.65. The summed E-state index contributed by atoms with van der Waals surface area (Å²) < 4.78 is 11.6. The van der Waals surface area contributed by atoms with E-state index < -0.39 is 5.54 Å². The highest BCUT2D eigenvalue weighted by molar-refractivity contribution is 6.32. The summed E-state index contributed by atoms with van der Waals surface area (Å²) in [4.78, 5) is 13.4. The van der Waals surface area contributed by atoms with Crippen LogP contribution in [-0.2, 0) is 17.8 Å². The van der Waals surface area contributed by atoms with Crippen LogP contribution in [0.15, 0.2) is 72.0 Å². The van der Waals surface area contributed by atoms with Crippen LogP contribution in [-0.4, -0.2) is 39.7 Å². The Kier molecular flexibility index (Phi) is 6.76. The minimum absolute atomic E-state index is 0.0472. The molecule has 1 atom stereocenters. The van der Waals surface area contributed by atoms with Crippen LogP contribution in [0.1, 0.15) is 23.6 Å². The maximum absolute atomic E-state index is 9.53. The van der Waals surface area contributed by atoms with Crippen LogP contribution >= 0.6 is 11.6 Å². The number of hydrogen-bond acceptors (Lipinski definition) is 7. The monoisotopic (exact) mass is 502 g/mol. The van der Waals surface area contributed by atoms with Crippen LogP contribution < -0.4 is 10.1 Å². The van der Waals surface area contributed by atoms with Crippen LogP contribution in [0.5, 0.6) is 5.75 Å². The average Bonchev–Trinajstić information content (AvgIpc) is 3.25. The molecule has 7 nitrogen and oxygen atoms in total. The third kappa shape index (κ3) is 5.42. The SMILES string of the molecule is Cc1cccc(COc2ccc(Nc3ncnc4ccc(CC5=NC(C)(CO)CO5)cc34)cc2Cl)c1. The van der Waals surface area contributed by atoms with Crippen molar-refractivity contribution in [2.24, 2.45) is 4.99 Å². The van der Waals surface area contributed by atoms with Crippen molar-refractivity contribution in [1.82, 2.24) is 9.97 Å². The number of aliphatic hydroxyl groups is 1. The standard InChI is InChI=1S/C28H27ClN4O3/c1-18-4-3-5-20(10-18)14-35-25-9-7-21(13-23(25)29)32-27-22-11-19(6-8-24(22)30-17-31-27)12-26-33-28(2,15-34)16-36-26/h3-11,13,17,34H,12,14-16H2,1-2H3,(H,30,31,32). The molecule has 0 fully saturated rings. The molecule has 36 heavy (non-hydrogen) atoms. The highest BCUT2D eigenvalue weighted by atomic mass is 35.5. The van der Waals surface area contributed by atoms with E-state index in [-0.39, 0.29) is 6.61 Å². The molecule has 3 aromatic carbocycles. The summed E-state index contributed by atoms with van der Waals surface area (Å²) in [5, 5.41) is 14.3. The number of nitrogens with one attached hydrogen (secondary N) is 1. The van der Waals surface area contributed by atoms with Crippen molar-refractivity contribution < 1.29 is 14.6 Å². The lowest BCUT2D eigenvalue weighted by atomic mass is 10.1. The molecular weight excluding hydrogens is 476 g/mol.